The van der Waals surface area contributed by atoms with Crippen molar-refractivity contribution in [2.45, 2.75) is 65.0 Å². The number of methoxy groups -OCH3 is 1. The molecule has 0 aliphatic carbocycles. The molecular weight excluding hydrogens is 475 g/mol. The SMILES string of the molecule is CCC(CC)(CNC(=NC)NCCCOCCOC)NC(=O)OC(C)(C)C.I. The number of hydrogen-bond acceptors (Lipinski definition) is 5. The highest BCUT2D eigenvalue weighted by Gasteiger charge is 2.30. The smallest absolute Gasteiger partial charge is 0.408 e. The molecule has 0 rings (SSSR count). The molecule has 28 heavy (non-hydrogen) atoms. The van der Waals surface area contributed by atoms with E-state index >= 15 is 0 Å². The van der Waals surface area contributed by atoms with Crippen molar-refractivity contribution in [3.05, 3.63) is 0 Å². The summed E-state index contributed by atoms with van der Waals surface area (Å²) in [6.45, 7) is 12.9. The number of nitrogens with zero attached hydrogens (tertiary/aromatic N) is 1. The third-order valence-corrected chi connectivity index (χ3v) is 4.13. The van der Waals surface area contributed by atoms with Crippen molar-refractivity contribution in [1.29, 1.82) is 0 Å². The van der Waals surface area contributed by atoms with Crippen LogP contribution in [0.25, 0.3) is 0 Å². The van der Waals surface area contributed by atoms with Crippen LogP contribution in [0.5, 0.6) is 0 Å². The molecule has 0 aliphatic heterocycles. The highest BCUT2D eigenvalue weighted by Crippen LogP contribution is 2.16. The molecule has 0 saturated carbocycles. The minimum atomic E-state index is -0.520. The van der Waals surface area contributed by atoms with E-state index in [1.54, 1.807) is 14.2 Å². The van der Waals surface area contributed by atoms with E-state index in [0.29, 0.717) is 32.3 Å². The van der Waals surface area contributed by atoms with Gasteiger partial charge >= 0.3 is 6.09 Å². The molecule has 0 aromatic heterocycles. The number of carbonyl (C=O) groups is 1. The summed E-state index contributed by atoms with van der Waals surface area (Å²) in [4.78, 5) is 16.4. The van der Waals surface area contributed by atoms with Crippen molar-refractivity contribution < 1.29 is 19.0 Å². The second-order valence-corrected chi connectivity index (χ2v) is 7.43. The standard InChI is InChI=1S/C19H40N4O4.HI/c1-8-19(9-2,23-17(24)27-18(3,4)5)15-22-16(20-6)21-11-10-12-26-14-13-25-7;/h8-15H2,1-7H3,(H,23,24)(H2,20,21,22);1H. The molecule has 0 heterocycles. The number of guanidine groups is 1. The zero-order chi connectivity index (χ0) is 20.8. The predicted octanol–water partition coefficient (Wildman–Crippen LogP) is 2.91. The minimum Gasteiger partial charge on any atom is -0.444 e. The van der Waals surface area contributed by atoms with E-state index in [1.807, 2.05) is 20.8 Å². The normalized spacial score (nSPS) is 12.2. The van der Waals surface area contributed by atoms with Gasteiger partial charge in [0.1, 0.15) is 5.60 Å². The molecule has 0 aromatic rings. The number of halogens is 1. The molecule has 0 aliphatic rings. The van der Waals surface area contributed by atoms with Gasteiger partial charge in [-0.05, 0) is 40.0 Å². The summed E-state index contributed by atoms with van der Waals surface area (Å²) in [5, 5.41) is 9.58. The Morgan fingerprint density at radius 3 is 2.18 bits per heavy atom. The maximum Gasteiger partial charge on any atom is 0.408 e. The van der Waals surface area contributed by atoms with Gasteiger partial charge in [-0.2, -0.15) is 0 Å². The lowest BCUT2D eigenvalue weighted by molar-refractivity contribution is 0.0448. The predicted molar refractivity (Wildman–Crippen MR) is 125 cm³/mol. The Morgan fingerprint density at radius 2 is 1.68 bits per heavy atom. The van der Waals surface area contributed by atoms with E-state index in [0.717, 1.165) is 25.8 Å². The monoisotopic (exact) mass is 516 g/mol. The fraction of sp³-hybridized carbons (Fsp3) is 0.895. The van der Waals surface area contributed by atoms with E-state index < -0.39 is 17.2 Å². The fourth-order valence-electron chi connectivity index (χ4n) is 2.34. The third-order valence-electron chi connectivity index (χ3n) is 4.13. The van der Waals surface area contributed by atoms with Crippen molar-refractivity contribution in [3.63, 3.8) is 0 Å². The summed E-state index contributed by atoms with van der Waals surface area (Å²) in [5.74, 6) is 0.698. The van der Waals surface area contributed by atoms with Gasteiger partial charge in [-0.1, -0.05) is 13.8 Å². The number of carbonyl (C=O) groups excluding carboxylic acids is 1. The summed E-state index contributed by atoms with van der Waals surface area (Å²) < 4.78 is 15.8. The summed E-state index contributed by atoms with van der Waals surface area (Å²) in [6, 6.07) is 0. The first kappa shape index (κ1) is 29.4. The molecule has 0 atom stereocenters. The Kier molecular flexibility index (Phi) is 16.8. The summed E-state index contributed by atoms with van der Waals surface area (Å²) >= 11 is 0. The van der Waals surface area contributed by atoms with Crippen molar-refractivity contribution >= 4 is 36.0 Å². The number of ether oxygens (including phenoxy) is 3. The van der Waals surface area contributed by atoms with Gasteiger partial charge in [-0.15, -0.1) is 24.0 Å². The molecule has 0 saturated heterocycles. The van der Waals surface area contributed by atoms with E-state index in [9.17, 15) is 4.79 Å². The van der Waals surface area contributed by atoms with Crippen LogP contribution in [0.2, 0.25) is 0 Å². The van der Waals surface area contributed by atoms with Gasteiger partial charge in [0, 0.05) is 33.9 Å². The van der Waals surface area contributed by atoms with Crippen LogP contribution < -0.4 is 16.0 Å². The van der Waals surface area contributed by atoms with Crippen LogP contribution in [0.4, 0.5) is 4.79 Å². The van der Waals surface area contributed by atoms with Crippen LogP contribution in [0.15, 0.2) is 4.99 Å². The van der Waals surface area contributed by atoms with Gasteiger partial charge in [-0.3, -0.25) is 4.99 Å². The highest BCUT2D eigenvalue weighted by atomic mass is 127. The maximum atomic E-state index is 12.2. The first-order chi connectivity index (χ1) is 12.7. The number of aliphatic imine (C=N–C) groups is 1. The molecule has 0 aromatic carbocycles. The lowest BCUT2D eigenvalue weighted by Gasteiger charge is -2.34. The van der Waals surface area contributed by atoms with Crippen LogP contribution in [-0.2, 0) is 14.2 Å². The van der Waals surface area contributed by atoms with Gasteiger partial charge in [0.15, 0.2) is 5.96 Å². The quantitative estimate of drug-likeness (QED) is 0.160. The van der Waals surface area contributed by atoms with Crippen LogP contribution in [0.1, 0.15) is 53.9 Å². The molecule has 0 unspecified atom stereocenters. The van der Waals surface area contributed by atoms with Crippen molar-refractivity contribution in [1.82, 2.24) is 16.0 Å². The average Bonchev–Trinajstić information content (AvgIpc) is 2.60. The number of amides is 1. The van der Waals surface area contributed by atoms with Gasteiger partial charge in [-0.25, -0.2) is 4.79 Å². The third kappa shape index (κ3) is 14.2. The van der Waals surface area contributed by atoms with Gasteiger partial charge in [0.05, 0.1) is 18.8 Å². The van der Waals surface area contributed by atoms with Crippen molar-refractivity contribution in [3.8, 4) is 0 Å². The van der Waals surface area contributed by atoms with Crippen LogP contribution in [0, 0.1) is 0 Å². The molecule has 9 heteroatoms. The lowest BCUT2D eigenvalue weighted by Crippen LogP contribution is -2.57. The Bertz CT molecular complexity index is 438. The van der Waals surface area contributed by atoms with Crippen molar-refractivity contribution in [2.24, 2.45) is 4.99 Å². The molecule has 168 valence electrons. The second kappa shape index (κ2) is 16.0. The number of rotatable bonds is 12. The number of nitrogens with one attached hydrogen (secondary N) is 3. The van der Waals surface area contributed by atoms with E-state index in [2.05, 4.69) is 34.8 Å². The maximum absolute atomic E-state index is 12.2. The number of alkyl carbamates (subject to hydrolysis) is 1. The fourth-order valence-corrected chi connectivity index (χ4v) is 2.34. The first-order valence-electron chi connectivity index (χ1n) is 9.74. The van der Waals surface area contributed by atoms with E-state index in [-0.39, 0.29) is 24.0 Å². The molecule has 1 amide bonds. The van der Waals surface area contributed by atoms with Crippen molar-refractivity contribution in [2.75, 3.05) is 47.1 Å². The Labute approximate surface area is 187 Å². The first-order valence-corrected chi connectivity index (χ1v) is 9.74. The van der Waals surface area contributed by atoms with Gasteiger partial charge in [0.25, 0.3) is 0 Å². The average molecular weight is 516 g/mol. The number of hydrogen-bond donors (Lipinski definition) is 3. The second-order valence-electron chi connectivity index (χ2n) is 7.43. The zero-order valence-electron chi connectivity index (χ0n) is 18.6. The minimum absolute atomic E-state index is 0. The Hall–Kier alpha value is -0.810. The lowest BCUT2D eigenvalue weighted by atomic mass is 9.93. The van der Waals surface area contributed by atoms with Crippen LogP contribution in [0.3, 0.4) is 0 Å². The van der Waals surface area contributed by atoms with Crippen LogP contribution in [-0.4, -0.2) is 70.3 Å². The topological polar surface area (TPSA) is 93.2 Å². The summed E-state index contributed by atoms with van der Waals surface area (Å²) in [5.41, 5.74) is -0.920. The van der Waals surface area contributed by atoms with Gasteiger partial charge < -0.3 is 30.2 Å². The largest absolute Gasteiger partial charge is 0.444 e. The summed E-state index contributed by atoms with van der Waals surface area (Å²) in [6.07, 6.45) is 2.03. The molecule has 8 nitrogen and oxygen atoms in total. The van der Waals surface area contributed by atoms with Crippen LogP contribution >= 0.6 is 24.0 Å². The molecule has 3 N–H and O–H groups in total. The summed E-state index contributed by atoms with van der Waals surface area (Å²) in [7, 11) is 3.39. The molecule has 0 fully saturated rings. The van der Waals surface area contributed by atoms with E-state index in [4.69, 9.17) is 14.2 Å². The van der Waals surface area contributed by atoms with E-state index in [1.165, 1.54) is 0 Å². The zero-order valence-corrected chi connectivity index (χ0v) is 21.0. The molecule has 0 bridgehead atoms. The Morgan fingerprint density at radius 1 is 1.04 bits per heavy atom. The van der Waals surface area contributed by atoms with Gasteiger partial charge in [0.2, 0.25) is 0 Å². The molecular formula is C19H41IN4O4. The highest BCUT2D eigenvalue weighted by molar-refractivity contribution is 14.0. The molecule has 0 spiro atoms. The Balaban J connectivity index is 0. The molecule has 0 radical (unpaired) electrons.